The first-order valence-corrected chi connectivity index (χ1v) is 10.2. The van der Waals surface area contributed by atoms with Gasteiger partial charge in [0.2, 0.25) is 0 Å². The third kappa shape index (κ3) is 7.60. The second kappa shape index (κ2) is 12.8. The quantitative estimate of drug-likeness (QED) is 0.338. The Hall–Kier alpha value is -1.64. The van der Waals surface area contributed by atoms with Crippen LogP contribution >= 0.6 is 24.0 Å². The van der Waals surface area contributed by atoms with E-state index in [1.54, 1.807) is 0 Å². The average molecular weight is 508 g/mol. The molecule has 1 unspecified atom stereocenters. The third-order valence-corrected chi connectivity index (χ3v) is 5.02. The SMILES string of the molecule is CCNC(=NCc1ccccc1CN1CCOCC1)NC(C)c1ccccc1.I. The molecule has 1 heterocycles. The molecule has 29 heavy (non-hydrogen) atoms. The lowest BCUT2D eigenvalue weighted by Gasteiger charge is -2.27. The standard InChI is InChI=1S/C23H32N4O.HI/c1-3-24-23(26-19(2)20-9-5-4-6-10-20)25-17-21-11-7-8-12-22(21)18-27-13-15-28-16-14-27;/h4-12,19H,3,13-18H2,1-2H3,(H2,24,25,26);1H. The first kappa shape index (κ1) is 23.6. The maximum atomic E-state index is 5.47. The molecule has 0 bridgehead atoms. The van der Waals surface area contributed by atoms with Crippen LogP contribution in [0.25, 0.3) is 0 Å². The van der Waals surface area contributed by atoms with Gasteiger partial charge in [0.05, 0.1) is 25.8 Å². The second-order valence-electron chi connectivity index (χ2n) is 7.13. The molecule has 1 aliphatic rings. The molecule has 2 aromatic carbocycles. The van der Waals surface area contributed by atoms with Crippen LogP contribution in [0.15, 0.2) is 59.6 Å². The minimum Gasteiger partial charge on any atom is -0.379 e. The molecule has 2 aromatic rings. The number of halogens is 1. The number of nitrogens with zero attached hydrogens (tertiary/aromatic N) is 2. The van der Waals surface area contributed by atoms with Crippen LogP contribution in [-0.2, 0) is 17.8 Å². The highest BCUT2D eigenvalue weighted by molar-refractivity contribution is 14.0. The molecule has 0 spiro atoms. The van der Waals surface area contributed by atoms with Gasteiger partial charge in [-0.05, 0) is 30.5 Å². The number of nitrogens with one attached hydrogen (secondary N) is 2. The number of guanidine groups is 1. The zero-order chi connectivity index (χ0) is 19.6. The second-order valence-corrected chi connectivity index (χ2v) is 7.13. The van der Waals surface area contributed by atoms with E-state index in [0.29, 0.717) is 6.54 Å². The molecule has 1 atom stereocenters. The summed E-state index contributed by atoms with van der Waals surface area (Å²) < 4.78 is 5.47. The van der Waals surface area contributed by atoms with Crippen molar-refractivity contribution in [3.63, 3.8) is 0 Å². The summed E-state index contributed by atoms with van der Waals surface area (Å²) >= 11 is 0. The fourth-order valence-corrected chi connectivity index (χ4v) is 3.38. The van der Waals surface area contributed by atoms with E-state index in [0.717, 1.165) is 45.4 Å². The lowest BCUT2D eigenvalue weighted by atomic mass is 10.1. The maximum Gasteiger partial charge on any atom is 0.192 e. The van der Waals surface area contributed by atoms with Crippen molar-refractivity contribution in [2.45, 2.75) is 33.0 Å². The number of aliphatic imine (C=N–C) groups is 1. The molecule has 6 heteroatoms. The van der Waals surface area contributed by atoms with Gasteiger partial charge >= 0.3 is 0 Å². The number of ether oxygens (including phenoxy) is 1. The van der Waals surface area contributed by atoms with E-state index in [9.17, 15) is 0 Å². The smallest absolute Gasteiger partial charge is 0.192 e. The number of rotatable bonds is 7. The average Bonchev–Trinajstić information content (AvgIpc) is 2.74. The van der Waals surface area contributed by atoms with Crippen LogP contribution in [0.2, 0.25) is 0 Å². The van der Waals surface area contributed by atoms with E-state index in [1.807, 2.05) is 6.07 Å². The van der Waals surface area contributed by atoms with Gasteiger partial charge in [-0.25, -0.2) is 4.99 Å². The van der Waals surface area contributed by atoms with Gasteiger partial charge in [0, 0.05) is 26.2 Å². The molecule has 5 nitrogen and oxygen atoms in total. The number of hydrogen-bond donors (Lipinski definition) is 2. The maximum absolute atomic E-state index is 5.47. The van der Waals surface area contributed by atoms with Crippen molar-refractivity contribution >= 4 is 29.9 Å². The molecule has 1 aliphatic heterocycles. The summed E-state index contributed by atoms with van der Waals surface area (Å²) in [4.78, 5) is 7.31. The molecular weight excluding hydrogens is 475 g/mol. The topological polar surface area (TPSA) is 48.9 Å². The third-order valence-electron chi connectivity index (χ3n) is 5.02. The molecule has 1 saturated heterocycles. The fourth-order valence-electron chi connectivity index (χ4n) is 3.38. The predicted octanol–water partition coefficient (Wildman–Crippen LogP) is 3.95. The Balaban J connectivity index is 0.00000300. The van der Waals surface area contributed by atoms with Crippen LogP contribution in [0.3, 0.4) is 0 Å². The highest BCUT2D eigenvalue weighted by Gasteiger charge is 2.13. The lowest BCUT2D eigenvalue weighted by molar-refractivity contribution is 0.0341. The van der Waals surface area contributed by atoms with E-state index in [-0.39, 0.29) is 30.0 Å². The molecular formula is C23H33IN4O. The van der Waals surface area contributed by atoms with Crippen molar-refractivity contribution < 1.29 is 4.74 Å². The molecule has 0 aromatic heterocycles. The van der Waals surface area contributed by atoms with Crippen molar-refractivity contribution in [3.8, 4) is 0 Å². The summed E-state index contributed by atoms with van der Waals surface area (Å²) in [7, 11) is 0. The Morgan fingerprint density at radius 2 is 1.69 bits per heavy atom. The summed E-state index contributed by atoms with van der Waals surface area (Å²) in [5.74, 6) is 0.847. The Bertz CT molecular complexity index is 748. The monoisotopic (exact) mass is 508 g/mol. The molecule has 0 saturated carbocycles. The molecule has 3 rings (SSSR count). The summed E-state index contributed by atoms with van der Waals surface area (Å²) in [6, 6.07) is 19.3. The Morgan fingerprint density at radius 3 is 2.38 bits per heavy atom. The van der Waals surface area contributed by atoms with E-state index in [1.165, 1.54) is 16.7 Å². The van der Waals surface area contributed by atoms with Crippen molar-refractivity contribution in [1.82, 2.24) is 15.5 Å². The highest BCUT2D eigenvalue weighted by Crippen LogP contribution is 2.15. The Labute approximate surface area is 192 Å². The molecule has 158 valence electrons. The molecule has 0 radical (unpaired) electrons. The van der Waals surface area contributed by atoms with Crippen molar-refractivity contribution in [2.24, 2.45) is 4.99 Å². The predicted molar refractivity (Wildman–Crippen MR) is 131 cm³/mol. The van der Waals surface area contributed by atoms with Crippen LogP contribution in [0.4, 0.5) is 0 Å². The van der Waals surface area contributed by atoms with Crippen LogP contribution in [-0.4, -0.2) is 43.7 Å². The van der Waals surface area contributed by atoms with E-state index in [4.69, 9.17) is 9.73 Å². The number of benzene rings is 2. The molecule has 0 amide bonds. The first-order valence-electron chi connectivity index (χ1n) is 10.2. The van der Waals surface area contributed by atoms with Gasteiger partial charge in [-0.1, -0.05) is 54.6 Å². The van der Waals surface area contributed by atoms with Crippen molar-refractivity contribution in [3.05, 3.63) is 71.3 Å². The first-order chi connectivity index (χ1) is 13.8. The highest BCUT2D eigenvalue weighted by atomic mass is 127. The minimum absolute atomic E-state index is 0. The van der Waals surface area contributed by atoms with Crippen LogP contribution in [0.1, 0.15) is 36.6 Å². The van der Waals surface area contributed by atoms with Crippen molar-refractivity contribution in [1.29, 1.82) is 0 Å². The van der Waals surface area contributed by atoms with Gasteiger partial charge < -0.3 is 15.4 Å². The van der Waals surface area contributed by atoms with Gasteiger partial charge in [0.1, 0.15) is 0 Å². The number of hydrogen-bond acceptors (Lipinski definition) is 3. The minimum atomic E-state index is 0. The van der Waals surface area contributed by atoms with Gasteiger partial charge in [-0.3, -0.25) is 4.90 Å². The zero-order valence-electron chi connectivity index (χ0n) is 17.4. The molecule has 2 N–H and O–H groups in total. The van der Waals surface area contributed by atoms with E-state index in [2.05, 4.69) is 77.9 Å². The van der Waals surface area contributed by atoms with Crippen LogP contribution in [0, 0.1) is 0 Å². The van der Waals surface area contributed by atoms with Crippen LogP contribution in [0.5, 0.6) is 0 Å². The summed E-state index contributed by atoms with van der Waals surface area (Å²) in [5, 5.41) is 6.88. The summed E-state index contributed by atoms with van der Waals surface area (Å²) in [5.41, 5.74) is 3.87. The summed E-state index contributed by atoms with van der Waals surface area (Å²) in [6.45, 7) is 10.4. The lowest BCUT2D eigenvalue weighted by Crippen LogP contribution is -2.38. The summed E-state index contributed by atoms with van der Waals surface area (Å²) in [6.07, 6.45) is 0. The van der Waals surface area contributed by atoms with Crippen LogP contribution < -0.4 is 10.6 Å². The fraction of sp³-hybridized carbons (Fsp3) is 0.435. The van der Waals surface area contributed by atoms with Gasteiger partial charge in [0.25, 0.3) is 0 Å². The normalized spacial score (nSPS) is 16.0. The Morgan fingerprint density at radius 1 is 1.03 bits per heavy atom. The molecule has 1 fully saturated rings. The zero-order valence-corrected chi connectivity index (χ0v) is 19.8. The van der Waals surface area contributed by atoms with E-state index < -0.39 is 0 Å². The van der Waals surface area contributed by atoms with E-state index >= 15 is 0 Å². The molecule has 0 aliphatic carbocycles. The number of morpholine rings is 1. The van der Waals surface area contributed by atoms with Crippen molar-refractivity contribution in [2.75, 3.05) is 32.8 Å². The van der Waals surface area contributed by atoms with Gasteiger partial charge in [-0.2, -0.15) is 0 Å². The Kier molecular flexibility index (Phi) is 10.5. The van der Waals surface area contributed by atoms with Gasteiger partial charge in [-0.15, -0.1) is 24.0 Å². The largest absolute Gasteiger partial charge is 0.379 e. The van der Waals surface area contributed by atoms with Gasteiger partial charge in [0.15, 0.2) is 5.96 Å².